The van der Waals surface area contributed by atoms with Crippen molar-refractivity contribution in [1.82, 2.24) is 9.97 Å². The van der Waals surface area contributed by atoms with Gasteiger partial charge in [-0.3, -0.25) is 0 Å². The van der Waals surface area contributed by atoms with E-state index in [1.807, 2.05) is 6.20 Å². The predicted molar refractivity (Wildman–Crippen MR) is 57.9 cm³/mol. The molecule has 0 bridgehead atoms. The van der Waals surface area contributed by atoms with Gasteiger partial charge in [-0.1, -0.05) is 27.2 Å². The molecule has 1 aromatic heterocycles. The maximum absolute atomic E-state index is 5.41. The van der Waals surface area contributed by atoms with Crippen molar-refractivity contribution < 1.29 is 0 Å². The average molecular weight is 194 g/mol. The number of anilines is 1. The van der Waals surface area contributed by atoms with Crippen molar-refractivity contribution in [2.45, 2.75) is 39.5 Å². The summed E-state index contributed by atoms with van der Waals surface area (Å²) < 4.78 is 0. The van der Waals surface area contributed by atoms with Crippen molar-refractivity contribution in [3.63, 3.8) is 0 Å². The average Bonchev–Trinajstić information content (AvgIpc) is 2.18. The van der Waals surface area contributed by atoms with Crippen LogP contribution in [0, 0.1) is 0 Å². The van der Waals surface area contributed by atoms with Gasteiger partial charge in [0.15, 0.2) is 0 Å². The summed E-state index contributed by atoms with van der Waals surface area (Å²) in [6, 6.07) is 0. The minimum atomic E-state index is 0.331. The van der Waals surface area contributed by atoms with Crippen LogP contribution in [0.5, 0.6) is 0 Å². The lowest BCUT2D eigenvalue weighted by molar-refractivity contribution is 0.764. The summed E-state index contributed by atoms with van der Waals surface area (Å²) in [5.41, 5.74) is 3.71. The topological polar surface area (TPSA) is 63.8 Å². The van der Waals surface area contributed by atoms with Crippen LogP contribution < -0.4 is 11.3 Å². The Kier molecular flexibility index (Phi) is 3.83. The van der Waals surface area contributed by atoms with Gasteiger partial charge in [0.05, 0.1) is 0 Å². The molecule has 3 N–H and O–H groups in total. The number of nitrogens with one attached hydrogen (secondary N) is 1. The van der Waals surface area contributed by atoms with Crippen molar-refractivity contribution in [1.29, 1.82) is 0 Å². The van der Waals surface area contributed by atoms with E-state index in [-0.39, 0.29) is 0 Å². The predicted octanol–water partition coefficient (Wildman–Crippen LogP) is 1.84. The van der Waals surface area contributed by atoms with Gasteiger partial charge in [0.25, 0.3) is 0 Å². The maximum atomic E-state index is 5.41. The van der Waals surface area contributed by atoms with Crippen molar-refractivity contribution in [3.8, 4) is 0 Å². The molecular formula is C10H18N4. The Hall–Kier alpha value is -1.16. The Labute approximate surface area is 84.9 Å². The molecule has 1 heterocycles. The second-order valence-electron chi connectivity index (χ2n) is 3.65. The molecule has 0 aliphatic rings. The van der Waals surface area contributed by atoms with Crippen molar-refractivity contribution in [2.75, 3.05) is 5.43 Å². The first-order chi connectivity index (χ1) is 6.69. The SMILES string of the molecule is CCCc1cnc(C(C)C)nc1NN. The largest absolute Gasteiger partial charge is 0.308 e. The van der Waals surface area contributed by atoms with Gasteiger partial charge in [-0.2, -0.15) is 0 Å². The molecule has 0 saturated heterocycles. The Balaban J connectivity index is 2.98. The fourth-order valence-corrected chi connectivity index (χ4v) is 1.28. The van der Waals surface area contributed by atoms with Crippen LogP contribution in [-0.2, 0) is 6.42 Å². The van der Waals surface area contributed by atoms with Gasteiger partial charge < -0.3 is 5.43 Å². The van der Waals surface area contributed by atoms with Crippen LogP contribution in [0.2, 0.25) is 0 Å². The minimum absolute atomic E-state index is 0.331. The Morgan fingerprint density at radius 3 is 2.71 bits per heavy atom. The Bertz CT molecular complexity index is 296. The standard InChI is InChI=1S/C10H18N4/c1-4-5-8-6-12-9(7(2)3)13-10(8)14-11/h6-7H,4-5,11H2,1-3H3,(H,12,13,14). The first kappa shape index (κ1) is 10.9. The van der Waals surface area contributed by atoms with Crippen LogP contribution >= 0.6 is 0 Å². The number of hydrazine groups is 1. The third-order valence-corrected chi connectivity index (χ3v) is 2.06. The van der Waals surface area contributed by atoms with E-state index in [1.54, 1.807) is 0 Å². The highest BCUT2D eigenvalue weighted by atomic mass is 15.3. The number of hydrogen-bond donors (Lipinski definition) is 2. The fourth-order valence-electron chi connectivity index (χ4n) is 1.28. The highest BCUT2D eigenvalue weighted by Gasteiger charge is 2.07. The molecule has 0 amide bonds. The van der Waals surface area contributed by atoms with Gasteiger partial charge in [0.2, 0.25) is 0 Å². The molecule has 1 aromatic rings. The first-order valence-corrected chi connectivity index (χ1v) is 5.01. The minimum Gasteiger partial charge on any atom is -0.308 e. The summed E-state index contributed by atoms with van der Waals surface area (Å²) in [5.74, 6) is 7.33. The molecule has 0 aliphatic heterocycles. The molecule has 0 fully saturated rings. The van der Waals surface area contributed by atoms with E-state index in [1.165, 1.54) is 0 Å². The highest BCUT2D eigenvalue weighted by molar-refractivity contribution is 5.41. The van der Waals surface area contributed by atoms with Crippen molar-refractivity contribution in [2.24, 2.45) is 5.84 Å². The second-order valence-corrected chi connectivity index (χ2v) is 3.65. The van der Waals surface area contributed by atoms with Gasteiger partial charge in [-0.05, 0) is 6.42 Å². The van der Waals surface area contributed by atoms with E-state index in [0.29, 0.717) is 5.92 Å². The summed E-state index contributed by atoms with van der Waals surface area (Å²) in [4.78, 5) is 8.66. The molecule has 0 unspecified atom stereocenters. The summed E-state index contributed by atoms with van der Waals surface area (Å²) in [6.45, 7) is 6.25. The van der Waals surface area contributed by atoms with E-state index >= 15 is 0 Å². The summed E-state index contributed by atoms with van der Waals surface area (Å²) >= 11 is 0. The van der Waals surface area contributed by atoms with Gasteiger partial charge in [0, 0.05) is 17.7 Å². The van der Waals surface area contributed by atoms with Crippen LogP contribution in [0.3, 0.4) is 0 Å². The van der Waals surface area contributed by atoms with Gasteiger partial charge in [-0.15, -0.1) is 0 Å². The molecule has 0 atom stereocenters. The number of aromatic nitrogens is 2. The van der Waals surface area contributed by atoms with E-state index in [0.717, 1.165) is 30.0 Å². The fraction of sp³-hybridized carbons (Fsp3) is 0.600. The number of nitrogen functional groups attached to an aromatic ring is 1. The van der Waals surface area contributed by atoms with Crippen molar-refractivity contribution in [3.05, 3.63) is 17.6 Å². The molecular weight excluding hydrogens is 176 g/mol. The van der Waals surface area contributed by atoms with Crippen LogP contribution in [0.25, 0.3) is 0 Å². The lowest BCUT2D eigenvalue weighted by Crippen LogP contribution is -2.13. The maximum Gasteiger partial charge on any atom is 0.146 e. The molecule has 78 valence electrons. The second kappa shape index (κ2) is 4.91. The van der Waals surface area contributed by atoms with Crippen LogP contribution in [0.1, 0.15) is 44.5 Å². The molecule has 0 aliphatic carbocycles. The van der Waals surface area contributed by atoms with Crippen LogP contribution in [0.15, 0.2) is 6.20 Å². The molecule has 4 heteroatoms. The molecule has 0 radical (unpaired) electrons. The third kappa shape index (κ3) is 2.42. The van der Waals surface area contributed by atoms with E-state index < -0.39 is 0 Å². The van der Waals surface area contributed by atoms with E-state index in [2.05, 4.69) is 36.2 Å². The Morgan fingerprint density at radius 2 is 2.21 bits per heavy atom. The van der Waals surface area contributed by atoms with Crippen LogP contribution in [-0.4, -0.2) is 9.97 Å². The normalized spacial score (nSPS) is 10.6. The van der Waals surface area contributed by atoms with Gasteiger partial charge >= 0.3 is 0 Å². The number of hydrogen-bond acceptors (Lipinski definition) is 4. The quantitative estimate of drug-likeness (QED) is 0.567. The van der Waals surface area contributed by atoms with E-state index in [9.17, 15) is 0 Å². The molecule has 1 rings (SSSR count). The lowest BCUT2D eigenvalue weighted by atomic mass is 10.1. The monoisotopic (exact) mass is 194 g/mol. The number of rotatable bonds is 4. The zero-order chi connectivity index (χ0) is 10.6. The smallest absolute Gasteiger partial charge is 0.146 e. The highest BCUT2D eigenvalue weighted by Crippen LogP contribution is 2.16. The molecule has 4 nitrogen and oxygen atoms in total. The summed E-state index contributed by atoms with van der Waals surface area (Å²) in [5, 5.41) is 0. The lowest BCUT2D eigenvalue weighted by Gasteiger charge is -2.10. The number of aryl methyl sites for hydroxylation is 1. The molecule has 0 saturated carbocycles. The van der Waals surface area contributed by atoms with Crippen LogP contribution in [0.4, 0.5) is 5.82 Å². The zero-order valence-electron chi connectivity index (χ0n) is 9.04. The van der Waals surface area contributed by atoms with Gasteiger partial charge in [-0.25, -0.2) is 15.8 Å². The Morgan fingerprint density at radius 1 is 1.50 bits per heavy atom. The molecule has 14 heavy (non-hydrogen) atoms. The number of nitrogens with two attached hydrogens (primary N) is 1. The zero-order valence-corrected chi connectivity index (χ0v) is 9.04. The summed E-state index contributed by atoms with van der Waals surface area (Å²) in [7, 11) is 0. The molecule has 0 spiro atoms. The number of nitrogens with zero attached hydrogens (tertiary/aromatic N) is 2. The first-order valence-electron chi connectivity index (χ1n) is 5.01. The van der Waals surface area contributed by atoms with E-state index in [4.69, 9.17) is 5.84 Å². The molecule has 0 aromatic carbocycles. The summed E-state index contributed by atoms with van der Waals surface area (Å²) in [6.07, 6.45) is 3.89. The van der Waals surface area contributed by atoms with Crippen molar-refractivity contribution >= 4 is 5.82 Å². The third-order valence-electron chi connectivity index (χ3n) is 2.06. The van der Waals surface area contributed by atoms with Gasteiger partial charge in [0.1, 0.15) is 11.6 Å².